The molecule has 268 valence electrons. The molecule has 2 fully saturated rings. The van der Waals surface area contributed by atoms with Crippen LogP contribution in [-0.4, -0.2) is 52.1 Å². The third kappa shape index (κ3) is 6.54. The lowest BCUT2D eigenvalue weighted by Gasteiger charge is -2.35. The first-order valence-electron chi connectivity index (χ1n) is 15.0. The SMILES string of the molecule is CN1CCC[C@H]1c1ccc(Cl)nc1.CN1CCC[C@H]1c1cnc(Cl)cc1C(O)(c1c(F)c(F)c(F)c(F)c1F)c1c(F)c(F)c(F)c(F)c1F. The van der Waals surface area contributed by atoms with E-state index in [-0.39, 0.29) is 12.0 Å². The molecule has 0 unspecified atom stereocenters. The van der Waals surface area contributed by atoms with E-state index in [1.807, 2.05) is 12.3 Å². The summed E-state index contributed by atoms with van der Waals surface area (Å²) in [5.41, 5.74) is -8.76. The van der Waals surface area contributed by atoms with E-state index in [2.05, 4.69) is 28.0 Å². The van der Waals surface area contributed by atoms with Crippen molar-refractivity contribution in [3.05, 3.63) is 127 Å². The number of halogens is 12. The third-order valence-corrected chi connectivity index (χ3v) is 9.40. The van der Waals surface area contributed by atoms with E-state index in [9.17, 15) is 31.4 Å². The zero-order chi connectivity index (χ0) is 36.8. The molecule has 2 atom stereocenters. The summed E-state index contributed by atoms with van der Waals surface area (Å²) in [6.45, 7) is 1.59. The van der Waals surface area contributed by atoms with Gasteiger partial charge in [0.05, 0.1) is 11.1 Å². The zero-order valence-corrected chi connectivity index (χ0v) is 27.6. The van der Waals surface area contributed by atoms with Crippen LogP contribution in [0.4, 0.5) is 43.9 Å². The van der Waals surface area contributed by atoms with Gasteiger partial charge in [-0.05, 0) is 76.1 Å². The van der Waals surface area contributed by atoms with E-state index in [4.69, 9.17) is 23.2 Å². The normalized spacial score (nSPS) is 18.5. The molecule has 2 aliphatic rings. The summed E-state index contributed by atoms with van der Waals surface area (Å²) in [6, 6.07) is 4.24. The molecule has 0 saturated carbocycles. The lowest BCUT2D eigenvalue weighted by Crippen LogP contribution is -2.38. The van der Waals surface area contributed by atoms with Crippen molar-refractivity contribution >= 4 is 23.2 Å². The summed E-state index contributed by atoms with van der Waals surface area (Å²) < 4.78 is 145. The Kier molecular flexibility index (Phi) is 11.0. The minimum atomic E-state index is -4.18. The van der Waals surface area contributed by atoms with E-state index in [1.54, 1.807) is 4.90 Å². The largest absolute Gasteiger partial charge is 0.376 e. The summed E-state index contributed by atoms with van der Waals surface area (Å²) >= 11 is 11.6. The topological polar surface area (TPSA) is 52.5 Å². The van der Waals surface area contributed by atoms with Crippen LogP contribution in [-0.2, 0) is 5.60 Å². The van der Waals surface area contributed by atoms with E-state index < -0.39 is 91.7 Å². The molecule has 0 spiro atoms. The smallest absolute Gasteiger partial charge is 0.200 e. The number of benzene rings is 2. The van der Waals surface area contributed by atoms with Crippen molar-refractivity contribution in [1.82, 2.24) is 19.8 Å². The molecule has 0 amide bonds. The molecule has 0 bridgehead atoms. The van der Waals surface area contributed by atoms with Crippen LogP contribution in [0.2, 0.25) is 10.3 Å². The van der Waals surface area contributed by atoms with E-state index in [0.717, 1.165) is 6.20 Å². The minimum Gasteiger partial charge on any atom is -0.376 e. The molecule has 17 heteroatoms. The molecule has 4 heterocycles. The van der Waals surface area contributed by atoms with Crippen molar-refractivity contribution < 1.29 is 49.0 Å². The van der Waals surface area contributed by atoms with Gasteiger partial charge in [0.2, 0.25) is 11.6 Å². The molecule has 50 heavy (non-hydrogen) atoms. The van der Waals surface area contributed by atoms with Gasteiger partial charge in [0, 0.05) is 30.0 Å². The Hall–Kier alpha value is -3.50. The van der Waals surface area contributed by atoms with Crippen molar-refractivity contribution in [3.63, 3.8) is 0 Å². The van der Waals surface area contributed by atoms with Gasteiger partial charge in [-0.15, -0.1) is 0 Å². The summed E-state index contributed by atoms with van der Waals surface area (Å²) in [6.07, 6.45) is 6.04. The van der Waals surface area contributed by atoms with E-state index in [1.165, 1.54) is 32.0 Å². The van der Waals surface area contributed by atoms with Crippen LogP contribution >= 0.6 is 23.2 Å². The van der Waals surface area contributed by atoms with Crippen LogP contribution in [0.3, 0.4) is 0 Å². The van der Waals surface area contributed by atoms with Gasteiger partial charge >= 0.3 is 0 Å². The minimum absolute atomic E-state index is 0.247. The Balaban J connectivity index is 0.000000311. The fourth-order valence-corrected chi connectivity index (χ4v) is 6.75. The fourth-order valence-electron chi connectivity index (χ4n) is 6.48. The average molecular weight is 755 g/mol. The molecule has 1 N–H and O–H groups in total. The third-order valence-electron chi connectivity index (χ3n) is 8.97. The van der Waals surface area contributed by atoms with Gasteiger partial charge in [0.15, 0.2) is 52.1 Å². The molecule has 5 nitrogen and oxygen atoms in total. The quantitative estimate of drug-likeness (QED) is 0.0957. The molecule has 4 aromatic rings. The van der Waals surface area contributed by atoms with Gasteiger partial charge in [0.25, 0.3) is 0 Å². The average Bonchev–Trinajstić information content (AvgIpc) is 3.72. The van der Waals surface area contributed by atoms with Gasteiger partial charge in [0.1, 0.15) is 10.3 Å². The maximum atomic E-state index is 15.1. The summed E-state index contributed by atoms with van der Waals surface area (Å²) in [4.78, 5) is 11.8. The van der Waals surface area contributed by atoms with Gasteiger partial charge in [-0.25, -0.2) is 53.9 Å². The first-order chi connectivity index (χ1) is 23.5. The fraction of sp³-hybridized carbons (Fsp3) is 0.333. The van der Waals surface area contributed by atoms with Crippen molar-refractivity contribution in [3.8, 4) is 0 Å². The highest BCUT2D eigenvalue weighted by molar-refractivity contribution is 6.29. The second-order valence-corrected chi connectivity index (χ2v) is 12.7. The Morgan fingerprint density at radius 3 is 1.44 bits per heavy atom. The van der Waals surface area contributed by atoms with Crippen molar-refractivity contribution in [2.24, 2.45) is 0 Å². The highest BCUT2D eigenvalue weighted by Gasteiger charge is 2.50. The number of rotatable bonds is 5. The first-order valence-corrected chi connectivity index (χ1v) is 15.7. The number of aromatic nitrogens is 2. The van der Waals surface area contributed by atoms with E-state index >= 15 is 17.6 Å². The second-order valence-electron chi connectivity index (χ2n) is 11.9. The van der Waals surface area contributed by atoms with Gasteiger partial charge in [-0.1, -0.05) is 29.3 Å². The lowest BCUT2D eigenvalue weighted by molar-refractivity contribution is 0.0985. The van der Waals surface area contributed by atoms with Crippen molar-refractivity contribution in [2.45, 2.75) is 43.4 Å². The molecule has 2 aliphatic heterocycles. The van der Waals surface area contributed by atoms with Crippen LogP contribution in [0.15, 0.2) is 30.6 Å². The molecular formula is C33H26Cl2F10N4O. The predicted octanol–water partition coefficient (Wildman–Crippen LogP) is 8.68. The summed E-state index contributed by atoms with van der Waals surface area (Å²) in [5, 5.41) is 11.7. The molecular weight excluding hydrogens is 729 g/mol. The maximum absolute atomic E-state index is 15.1. The van der Waals surface area contributed by atoms with Gasteiger partial charge < -0.3 is 5.11 Å². The standard InChI is InChI=1S/C23H13ClF10N2O.C10H13ClN2/c1-36-4-2-3-9(36)7-6-35-10(24)5-8(7)23(37,11-13(25)17(29)21(33)18(30)14(11)26)12-15(27)19(31)22(34)20(32)16(12)28;1-13-6-2-3-9(13)8-4-5-10(11)12-7-8/h5-6,9,37H,2-4H2,1H3;4-5,7,9H,2-3,6H2,1H3/t2*9-/m00/s1. The molecule has 2 aromatic heterocycles. The number of hydrogen-bond acceptors (Lipinski definition) is 5. The lowest BCUT2D eigenvalue weighted by atomic mass is 9.76. The van der Waals surface area contributed by atoms with Crippen molar-refractivity contribution in [2.75, 3.05) is 27.2 Å². The molecule has 2 saturated heterocycles. The Labute approximate surface area is 289 Å². The number of nitrogens with zero attached hydrogens (tertiary/aromatic N) is 4. The summed E-state index contributed by atoms with van der Waals surface area (Å²) in [5.74, 6) is -27.1. The molecule has 2 aromatic carbocycles. The number of hydrogen-bond donors (Lipinski definition) is 1. The first kappa shape index (κ1) is 37.7. The monoisotopic (exact) mass is 754 g/mol. The zero-order valence-electron chi connectivity index (χ0n) is 26.1. The maximum Gasteiger partial charge on any atom is 0.200 e. The molecule has 0 radical (unpaired) electrons. The predicted molar refractivity (Wildman–Crippen MR) is 162 cm³/mol. The molecule has 0 aliphatic carbocycles. The highest BCUT2D eigenvalue weighted by atomic mass is 35.5. The summed E-state index contributed by atoms with van der Waals surface area (Å²) in [7, 11) is 3.69. The van der Waals surface area contributed by atoms with Crippen LogP contribution < -0.4 is 0 Å². The van der Waals surface area contributed by atoms with Crippen LogP contribution in [0.25, 0.3) is 0 Å². The van der Waals surface area contributed by atoms with E-state index in [0.29, 0.717) is 30.2 Å². The van der Waals surface area contributed by atoms with Crippen LogP contribution in [0, 0.1) is 58.2 Å². The number of likely N-dealkylation sites (tertiary alicyclic amines) is 2. The Morgan fingerprint density at radius 2 is 1.04 bits per heavy atom. The Bertz CT molecular complexity index is 1810. The van der Waals surface area contributed by atoms with Crippen LogP contribution in [0.5, 0.6) is 0 Å². The van der Waals surface area contributed by atoms with Gasteiger partial charge in [-0.3, -0.25) is 9.80 Å². The van der Waals surface area contributed by atoms with Crippen LogP contribution in [0.1, 0.15) is 65.6 Å². The Morgan fingerprint density at radius 1 is 0.620 bits per heavy atom. The second kappa shape index (κ2) is 14.6. The number of pyridine rings is 2. The number of aliphatic hydroxyl groups is 1. The van der Waals surface area contributed by atoms with Gasteiger partial charge in [-0.2, -0.15) is 0 Å². The van der Waals surface area contributed by atoms with Crippen molar-refractivity contribution in [1.29, 1.82) is 0 Å². The highest BCUT2D eigenvalue weighted by Crippen LogP contribution is 2.48. The molecule has 6 rings (SSSR count).